The second kappa shape index (κ2) is 4.83. The zero-order valence-electron chi connectivity index (χ0n) is 13.1. The summed E-state index contributed by atoms with van der Waals surface area (Å²) in [5, 5.41) is 11.4. The summed E-state index contributed by atoms with van der Waals surface area (Å²) in [6.07, 6.45) is 7.46. The highest BCUT2D eigenvalue weighted by atomic mass is 16.7. The summed E-state index contributed by atoms with van der Waals surface area (Å²) in [4.78, 5) is 13.3. The fraction of sp³-hybridized carbons (Fsp3) is 0.412. The standard InChI is InChI=1S/C17H18N2O4/c1-11-3-4-17(5-6-18(2)15(17)7-11)12-8-13(19(20)21)16-14(9-12)22-10-23-16/h3-4,7-9,15H,5-6,10H2,1-2H3/t15-,17-/m0/s1. The Kier molecular flexibility index (Phi) is 2.99. The molecule has 6 heteroatoms. The number of ether oxygens (including phenoxy) is 2. The van der Waals surface area contributed by atoms with Gasteiger partial charge in [0.1, 0.15) is 0 Å². The molecule has 1 aliphatic carbocycles. The maximum atomic E-state index is 11.4. The third-order valence-corrected chi connectivity index (χ3v) is 5.13. The number of allylic oxidation sites excluding steroid dienone is 2. The second-order valence-electron chi connectivity index (χ2n) is 6.45. The molecule has 0 amide bonds. The number of fused-ring (bicyclic) bond motifs is 2. The monoisotopic (exact) mass is 314 g/mol. The van der Waals surface area contributed by atoms with Gasteiger partial charge in [0.25, 0.3) is 0 Å². The molecule has 1 aromatic carbocycles. The summed E-state index contributed by atoms with van der Waals surface area (Å²) in [5.74, 6) is 0.709. The Morgan fingerprint density at radius 3 is 3.00 bits per heavy atom. The van der Waals surface area contributed by atoms with Crippen LogP contribution in [0.15, 0.2) is 35.9 Å². The van der Waals surface area contributed by atoms with E-state index >= 15 is 0 Å². The fourth-order valence-electron chi connectivity index (χ4n) is 3.89. The molecule has 0 unspecified atom stereocenters. The number of rotatable bonds is 2. The Morgan fingerprint density at radius 1 is 1.39 bits per heavy atom. The van der Waals surface area contributed by atoms with E-state index in [0.717, 1.165) is 18.5 Å². The smallest absolute Gasteiger partial charge is 0.315 e. The highest BCUT2D eigenvalue weighted by molar-refractivity contribution is 5.62. The summed E-state index contributed by atoms with van der Waals surface area (Å²) in [7, 11) is 2.09. The minimum atomic E-state index is -0.394. The number of hydrogen-bond donors (Lipinski definition) is 0. The molecule has 0 bridgehead atoms. The lowest BCUT2D eigenvalue weighted by atomic mass is 9.71. The summed E-state index contributed by atoms with van der Waals surface area (Å²) < 4.78 is 10.7. The Hall–Kier alpha value is -2.34. The molecule has 0 N–H and O–H groups in total. The minimum Gasteiger partial charge on any atom is -0.453 e. The molecule has 2 aliphatic heterocycles. The van der Waals surface area contributed by atoms with Gasteiger partial charge in [-0.1, -0.05) is 23.8 Å². The van der Waals surface area contributed by atoms with Gasteiger partial charge in [-0.2, -0.15) is 0 Å². The third kappa shape index (κ3) is 1.98. The quantitative estimate of drug-likeness (QED) is 0.620. The molecule has 0 spiro atoms. The van der Waals surface area contributed by atoms with Crippen molar-refractivity contribution in [2.24, 2.45) is 0 Å². The van der Waals surface area contributed by atoms with Crippen molar-refractivity contribution in [1.82, 2.24) is 4.90 Å². The fourth-order valence-corrected chi connectivity index (χ4v) is 3.89. The molecule has 6 nitrogen and oxygen atoms in total. The summed E-state index contributed by atoms with van der Waals surface area (Å²) >= 11 is 0. The molecular weight excluding hydrogens is 296 g/mol. The molecule has 1 fully saturated rings. The SMILES string of the molecule is CC1=C[C@@H]2N(C)CC[C@]2(c2cc3c(c([N+](=O)[O-])c2)OCO3)C=C1. The van der Waals surface area contributed by atoms with E-state index in [1.807, 2.05) is 6.07 Å². The highest BCUT2D eigenvalue weighted by Gasteiger charge is 2.47. The van der Waals surface area contributed by atoms with E-state index in [2.05, 4.69) is 37.1 Å². The molecule has 0 radical (unpaired) electrons. The lowest BCUT2D eigenvalue weighted by molar-refractivity contribution is -0.385. The summed E-state index contributed by atoms with van der Waals surface area (Å²) in [5.41, 5.74) is 1.87. The molecule has 2 atom stereocenters. The van der Waals surface area contributed by atoms with Crippen LogP contribution >= 0.6 is 0 Å². The van der Waals surface area contributed by atoms with Crippen LogP contribution in [0.25, 0.3) is 0 Å². The van der Waals surface area contributed by atoms with Crippen molar-refractivity contribution in [3.63, 3.8) is 0 Å². The number of likely N-dealkylation sites (tertiary alicyclic amines) is 1. The van der Waals surface area contributed by atoms with Crippen LogP contribution in [0.4, 0.5) is 5.69 Å². The first-order chi connectivity index (χ1) is 11.0. The van der Waals surface area contributed by atoms with E-state index in [1.165, 1.54) is 5.57 Å². The Bertz CT molecular complexity index is 755. The van der Waals surface area contributed by atoms with E-state index in [1.54, 1.807) is 6.07 Å². The summed E-state index contributed by atoms with van der Waals surface area (Å²) in [6, 6.07) is 3.76. The number of nitrogens with zero attached hydrogens (tertiary/aromatic N) is 2. The van der Waals surface area contributed by atoms with E-state index in [0.29, 0.717) is 5.75 Å². The van der Waals surface area contributed by atoms with Crippen LogP contribution in [0.2, 0.25) is 0 Å². The third-order valence-electron chi connectivity index (χ3n) is 5.13. The topological polar surface area (TPSA) is 64.8 Å². The average Bonchev–Trinajstić information content (AvgIpc) is 3.12. The number of hydrogen-bond acceptors (Lipinski definition) is 5. The van der Waals surface area contributed by atoms with Crippen molar-refractivity contribution in [3.05, 3.63) is 51.6 Å². The molecule has 2 heterocycles. The van der Waals surface area contributed by atoms with Crippen molar-refractivity contribution < 1.29 is 14.4 Å². The number of nitro benzene ring substituents is 1. The number of nitro groups is 1. The number of likely N-dealkylation sites (N-methyl/N-ethyl adjacent to an activating group) is 1. The Labute approximate surface area is 134 Å². The summed E-state index contributed by atoms with van der Waals surface area (Å²) in [6.45, 7) is 3.06. The van der Waals surface area contributed by atoms with E-state index in [-0.39, 0.29) is 29.7 Å². The molecule has 0 saturated carbocycles. The van der Waals surface area contributed by atoms with Crippen LogP contribution in [0.3, 0.4) is 0 Å². The van der Waals surface area contributed by atoms with Crippen molar-refractivity contribution in [3.8, 4) is 11.5 Å². The van der Waals surface area contributed by atoms with Gasteiger partial charge in [0.2, 0.25) is 12.5 Å². The van der Waals surface area contributed by atoms with Crippen LogP contribution in [0, 0.1) is 10.1 Å². The minimum absolute atomic E-state index is 0.0163. The molecule has 23 heavy (non-hydrogen) atoms. The van der Waals surface area contributed by atoms with Crippen LogP contribution in [0.5, 0.6) is 11.5 Å². The van der Waals surface area contributed by atoms with Gasteiger partial charge < -0.3 is 9.47 Å². The van der Waals surface area contributed by atoms with Gasteiger partial charge in [-0.3, -0.25) is 15.0 Å². The molecule has 120 valence electrons. The molecule has 1 aromatic rings. The first-order valence-corrected chi connectivity index (χ1v) is 7.68. The number of benzene rings is 1. The lowest BCUT2D eigenvalue weighted by Gasteiger charge is -2.36. The van der Waals surface area contributed by atoms with Gasteiger partial charge in [-0.15, -0.1) is 0 Å². The Morgan fingerprint density at radius 2 is 2.22 bits per heavy atom. The first-order valence-electron chi connectivity index (χ1n) is 7.68. The zero-order valence-corrected chi connectivity index (χ0v) is 13.1. The predicted octanol–water partition coefficient (Wildman–Crippen LogP) is 2.78. The average molecular weight is 314 g/mol. The molecule has 4 rings (SSSR count). The zero-order chi connectivity index (χ0) is 16.2. The van der Waals surface area contributed by atoms with Crippen molar-refractivity contribution in [2.45, 2.75) is 24.8 Å². The Balaban J connectivity index is 1.89. The lowest BCUT2D eigenvalue weighted by Crippen LogP contribution is -2.40. The molecule has 0 aromatic heterocycles. The maximum absolute atomic E-state index is 11.4. The van der Waals surface area contributed by atoms with Crippen LogP contribution in [0.1, 0.15) is 18.9 Å². The van der Waals surface area contributed by atoms with E-state index in [4.69, 9.17) is 9.47 Å². The van der Waals surface area contributed by atoms with Crippen LogP contribution in [-0.4, -0.2) is 36.3 Å². The van der Waals surface area contributed by atoms with Gasteiger partial charge in [0.05, 0.1) is 4.92 Å². The van der Waals surface area contributed by atoms with Crippen LogP contribution < -0.4 is 9.47 Å². The van der Waals surface area contributed by atoms with E-state index in [9.17, 15) is 10.1 Å². The largest absolute Gasteiger partial charge is 0.453 e. The molecular formula is C17H18N2O4. The van der Waals surface area contributed by atoms with E-state index < -0.39 is 4.92 Å². The maximum Gasteiger partial charge on any atom is 0.315 e. The van der Waals surface area contributed by atoms with Crippen molar-refractivity contribution in [2.75, 3.05) is 20.4 Å². The second-order valence-corrected chi connectivity index (χ2v) is 6.45. The van der Waals surface area contributed by atoms with Gasteiger partial charge in [0, 0.05) is 17.5 Å². The predicted molar refractivity (Wildman–Crippen MR) is 84.8 cm³/mol. The van der Waals surface area contributed by atoms with Crippen molar-refractivity contribution in [1.29, 1.82) is 0 Å². The van der Waals surface area contributed by atoms with Gasteiger partial charge in [-0.25, -0.2) is 0 Å². The van der Waals surface area contributed by atoms with Crippen molar-refractivity contribution >= 4 is 5.69 Å². The van der Waals surface area contributed by atoms with Gasteiger partial charge in [-0.05, 0) is 38.6 Å². The first kappa shape index (κ1) is 14.3. The van der Waals surface area contributed by atoms with Gasteiger partial charge >= 0.3 is 5.69 Å². The molecule has 3 aliphatic rings. The normalized spacial score (nSPS) is 28.6. The van der Waals surface area contributed by atoms with Gasteiger partial charge in [0.15, 0.2) is 5.75 Å². The molecule has 1 saturated heterocycles. The highest BCUT2D eigenvalue weighted by Crippen LogP contribution is 2.49. The van der Waals surface area contributed by atoms with Crippen LogP contribution in [-0.2, 0) is 5.41 Å².